The van der Waals surface area contributed by atoms with E-state index in [9.17, 15) is 4.79 Å². The molecular formula is C20H16N6O2. The van der Waals surface area contributed by atoms with Crippen LogP contribution in [0.3, 0.4) is 0 Å². The number of hydrogen-bond donors (Lipinski definition) is 1. The van der Waals surface area contributed by atoms with Crippen molar-refractivity contribution in [1.29, 1.82) is 0 Å². The number of furan rings is 1. The molecule has 8 heteroatoms. The standard InChI is InChI=1S/C20H16N6O2/c1-13-9-15-10-16(4-5-17(15)28-13)24-20(21-2)25-19(27)14-3-6-18(23-11-14)26-8-7-22-12-26/h3-12H,2H2,1H3,(H,24,25,27). The van der Waals surface area contributed by atoms with E-state index in [1.807, 2.05) is 25.1 Å². The number of aryl methyl sites for hydroxylation is 1. The number of pyridine rings is 1. The van der Waals surface area contributed by atoms with E-state index in [0.717, 1.165) is 16.7 Å². The highest BCUT2D eigenvalue weighted by Gasteiger charge is 2.10. The highest BCUT2D eigenvalue weighted by molar-refractivity contribution is 6.07. The highest BCUT2D eigenvalue weighted by Crippen LogP contribution is 2.24. The molecule has 0 atom stereocenters. The highest BCUT2D eigenvalue weighted by atomic mass is 16.3. The number of hydrogen-bond acceptors (Lipinski definition) is 5. The van der Waals surface area contributed by atoms with Crippen molar-refractivity contribution in [3.63, 3.8) is 0 Å². The number of carbonyl (C=O) groups is 1. The van der Waals surface area contributed by atoms with E-state index in [4.69, 9.17) is 4.42 Å². The van der Waals surface area contributed by atoms with Crippen molar-refractivity contribution in [2.24, 2.45) is 9.98 Å². The number of fused-ring (bicyclic) bond motifs is 1. The molecular weight excluding hydrogens is 356 g/mol. The zero-order chi connectivity index (χ0) is 19.5. The van der Waals surface area contributed by atoms with E-state index in [0.29, 0.717) is 17.1 Å². The average Bonchev–Trinajstić information content (AvgIpc) is 3.36. The van der Waals surface area contributed by atoms with Crippen LogP contribution in [-0.2, 0) is 0 Å². The van der Waals surface area contributed by atoms with E-state index < -0.39 is 0 Å². The van der Waals surface area contributed by atoms with Gasteiger partial charge in [-0.2, -0.15) is 0 Å². The Kier molecular flexibility index (Phi) is 4.51. The van der Waals surface area contributed by atoms with Crippen LogP contribution in [0.25, 0.3) is 16.8 Å². The quantitative estimate of drug-likeness (QED) is 0.440. The number of aromatic nitrogens is 3. The Bertz CT molecular complexity index is 1170. The molecule has 8 nitrogen and oxygen atoms in total. The molecule has 1 amide bonds. The first-order chi connectivity index (χ1) is 13.6. The van der Waals surface area contributed by atoms with Gasteiger partial charge in [0, 0.05) is 24.0 Å². The topological polar surface area (TPSA) is 97.7 Å². The minimum atomic E-state index is -0.379. The molecule has 0 radical (unpaired) electrons. The Morgan fingerprint density at radius 1 is 1.25 bits per heavy atom. The smallest absolute Gasteiger partial charge is 0.259 e. The minimum Gasteiger partial charge on any atom is -0.461 e. The summed E-state index contributed by atoms with van der Waals surface area (Å²) in [5.74, 6) is 1.20. The molecule has 0 bridgehead atoms. The van der Waals surface area contributed by atoms with E-state index in [1.54, 1.807) is 41.5 Å². The second-order valence-electron chi connectivity index (χ2n) is 6.00. The van der Waals surface area contributed by atoms with Crippen molar-refractivity contribution in [1.82, 2.24) is 19.9 Å². The van der Waals surface area contributed by atoms with Crippen LogP contribution in [0.15, 0.2) is 75.7 Å². The van der Waals surface area contributed by atoms with E-state index in [-0.39, 0.29) is 11.9 Å². The summed E-state index contributed by atoms with van der Waals surface area (Å²) < 4.78 is 7.29. The van der Waals surface area contributed by atoms with Gasteiger partial charge in [0.25, 0.3) is 5.91 Å². The fourth-order valence-corrected chi connectivity index (χ4v) is 2.70. The number of nitrogens with one attached hydrogen (secondary N) is 1. The third-order valence-corrected chi connectivity index (χ3v) is 4.01. The van der Waals surface area contributed by atoms with Gasteiger partial charge in [-0.3, -0.25) is 14.7 Å². The Morgan fingerprint density at radius 3 is 2.86 bits per heavy atom. The molecule has 1 aromatic carbocycles. The fourth-order valence-electron chi connectivity index (χ4n) is 2.70. The first-order valence-electron chi connectivity index (χ1n) is 8.44. The molecule has 0 aliphatic rings. The maximum Gasteiger partial charge on any atom is 0.259 e. The molecule has 4 aromatic rings. The van der Waals surface area contributed by atoms with Crippen LogP contribution >= 0.6 is 0 Å². The summed E-state index contributed by atoms with van der Waals surface area (Å²) in [6, 6.07) is 10.8. The lowest BCUT2D eigenvalue weighted by Gasteiger charge is -2.06. The van der Waals surface area contributed by atoms with Crippen LogP contribution in [-0.4, -0.2) is 33.1 Å². The summed E-state index contributed by atoms with van der Waals surface area (Å²) in [7, 11) is 0. The van der Waals surface area contributed by atoms with Crippen LogP contribution < -0.4 is 5.32 Å². The fraction of sp³-hybridized carbons (Fsp3) is 0.0500. The van der Waals surface area contributed by atoms with Crippen molar-refractivity contribution >= 4 is 35.2 Å². The summed E-state index contributed by atoms with van der Waals surface area (Å²) in [6.45, 7) is 5.36. The zero-order valence-electron chi connectivity index (χ0n) is 15.0. The Labute approximate surface area is 160 Å². The van der Waals surface area contributed by atoms with Gasteiger partial charge in [-0.25, -0.2) is 20.0 Å². The lowest BCUT2D eigenvalue weighted by Crippen LogP contribution is -2.29. The number of nitrogens with zero attached hydrogens (tertiary/aromatic N) is 5. The third-order valence-electron chi connectivity index (χ3n) is 4.01. The van der Waals surface area contributed by atoms with Gasteiger partial charge in [0.1, 0.15) is 23.5 Å². The summed E-state index contributed by atoms with van der Waals surface area (Å²) in [4.78, 5) is 28.8. The van der Waals surface area contributed by atoms with Crippen molar-refractivity contribution in [2.75, 3.05) is 0 Å². The van der Waals surface area contributed by atoms with Gasteiger partial charge in [-0.15, -0.1) is 0 Å². The third kappa shape index (κ3) is 3.56. The predicted molar refractivity (Wildman–Crippen MR) is 106 cm³/mol. The minimum absolute atomic E-state index is 0.100. The van der Waals surface area contributed by atoms with E-state index >= 15 is 0 Å². The SMILES string of the molecule is C=NC(=Nc1ccc2oc(C)cc2c1)NC(=O)c1ccc(-n2ccnc2)nc1. The first-order valence-corrected chi connectivity index (χ1v) is 8.44. The molecule has 0 saturated carbocycles. The molecule has 0 aliphatic heterocycles. The van der Waals surface area contributed by atoms with Crippen molar-refractivity contribution in [3.05, 3.63) is 72.6 Å². The van der Waals surface area contributed by atoms with Crippen LogP contribution in [0, 0.1) is 6.92 Å². The van der Waals surface area contributed by atoms with E-state index in [2.05, 4.69) is 32.0 Å². The number of imidazole rings is 1. The summed E-state index contributed by atoms with van der Waals surface area (Å²) in [6.07, 6.45) is 6.54. The summed E-state index contributed by atoms with van der Waals surface area (Å²) in [5, 5.41) is 3.56. The molecule has 3 aromatic heterocycles. The zero-order valence-corrected chi connectivity index (χ0v) is 15.0. The molecule has 4 rings (SSSR count). The largest absolute Gasteiger partial charge is 0.461 e. The second-order valence-corrected chi connectivity index (χ2v) is 6.00. The molecule has 1 N–H and O–H groups in total. The summed E-state index contributed by atoms with van der Waals surface area (Å²) in [5.41, 5.74) is 1.78. The second kappa shape index (κ2) is 7.28. The predicted octanol–water partition coefficient (Wildman–Crippen LogP) is 3.44. The van der Waals surface area contributed by atoms with Gasteiger partial charge >= 0.3 is 0 Å². The number of rotatable bonds is 3. The number of amides is 1. The molecule has 0 unspecified atom stereocenters. The monoisotopic (exact) mass is 372 g/mol. The normalized spacial score (nSPS) is 11.5. The van der Waals surface area contributed by atoms with Gasteiger partial charge in [0.05, 0.1) is 11.3 Å². The van der Waals surface area contributed by atoms with Crippen molar-refractivity contribution in [2.45, 2.75) is 6.92 Å². The molecule has 28 heavy (non-hydrogen) atoms. The van der Waals surface area contributed by atoms with Crippen LogP contribution in [0.5, 0.6) is 0 Å². The van der Waals surface area contributed by atoms with Crippen molar-refractivity contribution in [3.8, 4) is 5.82 Å². The Balaban J connectivity index is 1.52. The number of benzene rings is 1. The molecule has 0 aliphatic carbocycles. The summed E-state index contributed by atoms with van der Waals surface area (Å²) >= 11 is 0. The van der Waals surface area contributed by atoms with Gasteiger partial charge in [-0.1, -0.05) is 0 Å². The van der Waals surface area contributed by atoms with Crippen LogP contribution in [0.4, 0.5) is 5.69 Å². The van der Waals surface area contributed by atoms with Gasteiger partial charge in [0.2, 0.25) is 5.96 Å². The number of guanidine groups is 1. The maximum atomic E-state index is 12.5. The molecule has 0 saturated heterocycles. The average molecular weight is 372 g/mol. The van der Waals surface area contributed by atoms with Crippen molar-refractivity contribution < 1.29 is 9.21 Å². The Hall–Kier alpha value is -4.07. The molecule has 3 heterocycles. The lowest BCUT2D eigenvalue weighted by molar-refractivity contribution is 0.0976. The number of aliphatic imine (C=N–C) groups is 2. The van der Waals surface area contributed by atoms with Gasteiger partial charge < -0.3 is 4.42 Å². The van der Waals surface area contributed by atoms with Gasteiger partial charge in [0.15, 0.2) is 0 Å². The lowest BCUT2D eigenvalue weighted by atomic mass is 10.2. The molecule has 0 fully saturated rings. The van der Waals surface area contributed by atoms with Crippen LogP contribution in [0.2, 0.25) is 0 Å². The van der Waals surface area contributed by atoms with Gasteiger partial charge in [-0.05, 0) is 50.0 Å². The van der Waals surface area contributed by atoms with E-state index in [1.165, 1.54) is 6.20 Å². The molecule has 138 valence electrons. The first kappa shape index (κ1) is 17.3. The Morgan fingerprint density at radius 2 is 2.14 bits per heavy atom. The maximum absolute atomic E-state index is 12.5. The molecule has 0 spiro atoms. The number of carbonyl (C=O) groups excluding carboxylic acids is 1. The van der Waals surface area contributed by atoms with Crippen LogP contribution in [0.1, 0.15) is 16.1 Å².